The Balaban J connectivity index is 2.18. The standard InChI is InChI=1S/C15H24N2OS/c1-12-5-6-14(11-13(12)2)19-10-7-15(18)17-9-4-3-8-16/h5-6,11H,3-4,7-10,16H2,1-2H3,(H,17,18). The van der Waals surface area contributed by atoms with Gasteiger partial charge in [-0.15, -0.1) is 11.8 Å². The van der Waals surface area contributed by atoms with Gasteiger partial charge < -0.3 is 11.1 Å². The summed E-state index contributed by atoms with van der Waals surface area (Å²) in [5, 5.41) is 2.92. The number of hydrogen-bond donors (Lipinski definition) is 2. The van der Waals surface area contributed by atoms with Crippen molar-refractivity contribution in [1.29, 1.82) is 0 Å². The third-order valence-corrected chi connectivity index (χ3v) is 4.02. The number of nitrogens with two attached hydrogens (primary N) is 1. The number of nitrogens with one attached hydrogen (secondary N) is 1. The number of thioether (sulfide) groups is 1. The van der Waals surface area contributed by atoms with Crippen molar-refractivity contribution < 1.29 is 4.79 Å². The predicted molar refractivity (Wildman–Crippen MR) is 82.6 cm³/mol. The Hall–Kier alpha value is -1.00. The van der Waals surface area contributed by atoms with E-state index >= 15 is 0 Å². The van der Waals surface area contributed by atoms with Crippen molar-refractivity contribution in [2.75, 3.05) is 18.8 Å². The first-order chi connectivity index (χ1) is 9.13. The van der Waals surface area contributed by atoms with Crippen molar-refractivity contribution >= 4 is 17.7 Å². The number of hydrogen-bond acceptors (Lipinski definition) is 3. The van der Waals surface area contributed by atoms with Crippen molar-refractivity contribution in [3.05, 3.63) is 29.3 Å². The van der Waals surface area contributed by atoms with E-state index in [1.165, 1.54) is 16.0 Å². The van der Waals surface area contributed by atoms with Gasteiger partial charge in [0.25, 0.3) is 0 Å². The summed E-state index contributed by atoms with van der Waals surface area (Å²) in [5.74, 6) is 0.957. The minimum atomic E-state index is 0.133. The highest BCUT2D eigenvalue weighted by atomic mass is 32.2. The van der Waals surface area contributed by atoms with Crippen LogP contribution in [0.2, 0.25) is 0 Å². The lowest BCUT2D eigenvalue weighted by Crippen LogP contribution is -2.25. The average Bonchev–Trinajstić information content (AvgIpc) is 2.39. The van der Waals surface area contributed by atoms with Crippen LogP contribution >= 0.6 is 11.8 Å². The van der Waals surface area contributed by atoms with Crippen molar-refractivity contribution in [1.82, 2.24) is 5.32 Å². The molecule has 0 aliphatic rings. The van der Waals surface area contributed by atoms with Crippen molar-refractivity contribution in [2.45, 2.75) is 38.0 Å². The monoisotopic (exact) mass is 280 g/mol. The zero-order valence-corrected chi connectivity index (χ0v) is 12.7. The number of carbonyl (C=O) groups is 1. The van der Waals surface area contributed by atoms with Crippen molar-refractivity contribution in [3.63, 3.8) is 0 Å². The molecule has 0 spiro atoms. The molecule has 3 N–H and O–H groups in total. The minimum Gasteiger partial charge on any atom is -0.356 e. The average molecular weight is 280 g/mol. The van der Waals surface area contributed by atoms with E-state index in [0.717, 1.165) is 25.1 Å². The maximum Gasteiger partial charge on any atom is 0.220 e. The molecule has 4 heteroatoms. The highest BCUT2D eigenvalue weighted by molar-refractivity contribution is 7.99. The Morgan fingerprint density at radius 1 is 1.26 bits per heavy atom. The van der Waals surface area contributed by atoms with E-state index in [2.05, 4.69) is 37.4 Å². The van der Waals surface area contributed by atoms with Crippen molar-refractivity contribution in [3.8, 4) is 0 Å². The Bertz CT molecular complexity index is 407. The summed E-state index contributed by atoms with van der Waals surface area (Å²) in [6.45, 7) is 5.66. The van der Waals surface area contributed by atoms with Gasteiger partial charge >= 0.3 is 0 Å². The maximum absolute atomic E-state index is 11.6. The number of benzene rings is 1. The number of rotatable bonds is 8. The summed E-state index contributed by atoms with van der Waals surface area (Å²) in [6.07, 6.45) is 2.50. The second kappa shape index (κ2) is 8.99. The normalized spacial score (nSPS) is 10.5. The molecular formula is C15H24N2OS. The molecule has 19 heavy (non-hydrogen) atoms. The van der Waals surface area contributed by atoms with Gasteiger partial charge in [-0.3, -0.25) is 4.79 Å². The van der Waals surface area contributed by atoms with Crippen LogP contribution in [0.4, 0.5) is 0 Å². The first-order valence-corrected chi connectivity index (χ1v) is 7.79. The topological polar surface area (TPSA) is 55.1 Å². The Morgan fingerprint density at radius 2 is 2.05 bits per heavy atom. The lowest BCUT2D eigenvalue weighted by atomic mass is 10.1. The molecule has 0 aliphatic heterocycles. The quantitative estimate of drug-likeness (QED) is 0.568. The Labute approximate surface area is 120 Å². The molecule has 3 nitrogen and oxygen atoms in total. The SMILES string of the molecule is Cc1ccc(SCCC(=O)NCCCCN)cc1C. The van der Waals surface area contributed by atoms with E-state index < -0.39 is 0 Å². The first-order valence-electron chi connectivity index (χ1n) is 6.80. The van der Waals surface area contributed by atoms with Crippen LogP contribution in [0.15, 0.2) is 23.1 Å². The third-order valence-electron chi connectivity index (χ3n) is 3.03. The van der Waals surface area contributed by atoms with Gasteiger partial charge in [-0.1, -0.05) is 6.07 Å². The molecule has 0 bridgehead atoms. The fraction of sp³-hybridized carbons (Fsp3) is 0.533. The number of unbranched alkanes of at least 4 members (excludes halogenated alkanes) is 1. The molecule has 0 unspecified atom stereocenters. The summed E-state index contributed by atoms with van der Waals surface area (Å²) in [5.41, 5.74) is 8.01. The van der Waals surface area contributed by atoms with Gasteiger partial charge in [-0.05, 0) is 56.5 Å². The van der Waals surface area contributed by atoms with Gasteiger partial charge in [0.2, 0.25) is 5.91 Å². The van der Waals surface area contributed by atoms with Gasteiger partial charge in [-0.2, -0.15) is 0 Å². The Morgan fingerprint density at radius 3 is 2.74 bits per heavy atom. The van der Waals surface area contributed by atoms with E-state index in [0.29, 0.717) is 13.0 Å². The lowest BCUT2D eigenvalue weighted by Gasteiger charge is -2.06. The Kier molecular flexibility index (Phi) is 7.60. The molecule has 106 valence electrons. The summed E-state index contributed by atoms with van der Waals surface area (Å²) in [7, 11) is 0. The second-order valence-corrected chi connectivity index (χ2v) is 5.86. The molecule has 0 saturated carbocycles. The van der Waals surface area contributed by atoms with Crippen LogP contribution < -0.4 is 11.1 Å². The molecule has 0 heterocycles. The molecule has 1 aromatic rings. The highest BCUT2D eigenvalue weighted by Crippen LogP contribution is 2.21. The fourth-order valence-electron chi connectivity index (χ4n) is 1.65. The summed E-state index contributed by atoms with van der Waals surface area (Å²) in [6, 6.07) is 6.43. The largest absolute Gasteiger partial charge is 0.356 e. The van der Waals surface area contributed by atoms with Crippen LogP contribution in [0, 0.1) is 13.8 Å². The molecule has 0 fully saturated rings. The predicted octanol–water partition coefficient (Wildman–Crippen LogP) is 2.64. The zero-order chi connectivity index (χ0) is 14.1. The van der Waals surface area contributed by atoms with Gasteiger partial charge in [0, 0.05) is 23.6 Å². The molecule has 0 atom stereocenters. The second-order valence-electron chi connectivity index (χ2n) is 4.69. The molecule has 0 aromatic heterocycles. The number of aryl methyl sites for hydroxylation is 2. The van der Waals surface area contributed by atoms with Gasteiger partial charge in [0.15, 0.2) is 0 Å². The van der Waals surface area contributed by atoms with Crippen LogP contribution in [0.1, 0.15) is 30.4 Å². The van der Waals surface area contributed by atoms with Crippen LogP contribution in [-0.2, 0) is 4.79 Å². The summed E-state index contributed by atoms with van der Waals surface area (Å²) >= 11 is 1.73. The number of carbonyl (C=O) groups excluding carboxylic acids is 1. The third kappa shape index (κ3) is 6.64. The molecular weight excluding hydrogens is 256 g/mol. The highest BCUT2D eigenvalue weighted by Gasteiger charge is 2.02. The van der Waals surface area contributed by atoms with E-state index in [1.54, 1.807) is 11.8 Å². The fourth-order valence-corrected chi connectivity index (χ4v) is 2.60. The van der Waals surface area contributed by atoms with Crippen molar-refractivity contribution in [2.24, 2.45) is 5.73 Å². The lowest BCUT2D eigenvalue weighted by molar-refractivity contribution is -0.120. The van der Waals surface area contributed by atoms with Crippen LogP contribution in [0.5, 0.6) is 0 Å². The van der Waals surface area contributed by atoms with Crippen LogP contribution in [0.25, 0.3) is 0 Å². The van der Waals surface area contributed by atoms with Gasteiger partial charge in [0.1, 0.15) is 0 Å². The van der Waals surface area contributed by atoms with E-state index in [4.69, 9.17) is 5.73 Å². The molecule has 1 amide bonds. The molecule has 0 radical (unpaired) electrons. The van der Waals surface area contributed by atoms with Gasteiger partial charge in [0.05, 0.1) is 0 Å². The first kappa shape index (κ1) is 16.1. The molecule has 0 aliphatic carbocycles. The van der Waals surface area contributed by atoms with Gasteiger partial charge in [-0.25, -0.2) is 0 Å². The van der Waals surface area contributed by atoms with Crippen LogP contribution in [0.3, 0.4) is 0 Å². The molecule has 1 rings (SSSR count). The van der Waals surface area contributed by atoms with Crippen LogP contribution in [-0.4, -0.2) is 24.7 Å². The summed E-state index contributed by atoms with van der Waals surface area (Å²) < 4.78 is 0. The zero-order valence-electron chi connectivity index (χ0n) is 11.9. The smallest absolute Gasteiger partial charge is 0.220 e. The van der Waals surface area contributed by atoms with E-state index in [1.807, 2.05) is 0 Å². The maximum atomic E-state index is 11.6. The van der Waals surface area contributed by atoms with E-state index in [-0.39, 0.29) is 5.91 Å². The molecule has 0 saturated heterocycles. The number of amides is 1. The summed E-state index contributed by atoms with van der Waals surface area (Å²) in [4.78, 5) is 12.8. The van der Waals surface area contributed by atoms with E-state index in [9.17, 15) is 4.79 Å². The molecule has 1 aromatic carbocycles. The minimum absolute atomic E-state index is 0.133.